The highest BCUT2D eigenvalue weighted by molar-refractivity contribution is 5.51. The van der Waals surface area contributed by atoms with Gasteiger partial charge in [0, 0.05) is 11.3 Å². The van der Waals surface area contributed by atoms with Crippen molar-refractivity contribution in [2.24, 2.45) is 5.92 Å². The molecule has 0 saturated heterocycles. The molecule has 0 radical (unpaired) electrons. The van der Waals surface area contributed by atoms with Crippen molar-refractivity contribution in [2.75, 3.05) is 5.32 Å². The van der Waals surface area contributed by atoms with Crippen molar-refractivity contribution in [2.45, 2.75) is 26.3 Å². The lowest BCUT2D eigenvalue weighted by Crippen LogP contribution is -2.13. The van der Waals surface area contributed by atoms with Gasteiger partial charge in [-0.05, 0) is 36.1 Å². The summed E-state index contributed by atoms with van der Waals surface area (Å²) in [6.07, 6.45) is 6.55. The topological polar surface area (TPSA) is 12.0 Å². The summed E-state index contributed by atoms with van der Waals surface area (Å²) in [5, 5.41) is 3.61. The summed E-state index contributed by atoms with van der Waals surface area (Å²) < 4.78 is 0. The summed E-state index contributed by atoms with van der Waals surface area (Å²) in [5.41, 5.74) is 3.30. The predicted octanol–water partition coefficient (Wildman–Crippen LogP) is 4.87. The number of hydrogen-bond donors (Lipinski definition) is 1. The molecule has 0 aliphatic rings. The first-order valence-electron chi connectivity index (χ1n) is 7.07. The Balaban J connectivity index is 2.22. The first kappa shape index (κ1) is 14.2. The van der Waals surface area contributed by atoms with Crippen molar-refractivity contribution in [3.05, 3.63) is 65.7 Å². The van der Waals surface area contributed by atoms with E-state index in [1.54, 1.807) is 0 Å². The Labute approximate surface area is 122 Å². The second kappa shape index (κ2) is 6.82. The highest BCUT2D eigenvalue weighted by atomic mass is 14.9. The van der Waals surface area contributed by atoms with Crippen LogP contribution in [0, 0.1) is 18.3 Å². The minimum Gasteiger partial charge on any atom is -0.378 e. The third kappa shape index (κ3) is 3.90. The average molecular weight is 263 g/mol. The van der Waals surface area contributed by atoms with Gasteiger partial charge in [0.15, 0.2) is 0 Å². The molecule has 0 aliphatic carbocycles. The van der Waals surface area contributed by atoms with Crippen LogP contribution in [0.25, 0.3) is 0 Å². The lowest BCUT2D eigenvalue weighted by molar-refractivity contribution is 0.531. The maximum atomic E-state index is 5.46. The van der Waals surface area contributed by atoms with Gasteiger partial charge in [-0.3, -0.25) is 0 Å². The molecule has 1 nitrogen and oxygen atoms in total. The SMILES string of the molecule is C#Cc1cccc(NC(CC(C)C)c2ccccc2)c1. The summed E-state index contributed by atoms with van der Waals surface area (Å²) in [4.78, 5) is 0. The van der Waals surface area contributed by atoms with Gasteiger partial charge in [-0.2, -0.15) is 0 Å². The number of benzene rings is 2. The summed E-state index contributed by atoms with van der Waals surface area (Å²) in [5.74, 6) is 3.31. The van der Waals surface area contributed by atoms with Crippen molar-refractivity contribution in [3.63, 3.8) is 0 Å². The molecule has 1 N–H and O–H groups in total. The van der Waals surface area contributed by atoms with Crippen molar-refractivity contribution in [1.29, 1.82) is 0 Å². The fraction of sp³-hybridized carbons (Fsp3) is 0.263. The highest BCUT2D eigenvalue weighted by Gasteiger charge is 2.13. The molecule has 0 spiro atoms. The summed E-state index contributed by atoms with van der Waals surface area (Å²) in [6.45, 7) is 4.49. The zero-order valence-corrected chi connectivity index (χ0v) is 12.1. The third-order valence-corrected chi connectivity index (χ3v) is 3.28. The molecule has 20 heavy (non-hydrogen) atoms. The van der Waals surface area contributed by atoms with E-state index in [0.29, 0.717) is 12.0 Å². The minimum atomic E-state index is 0.309. The van der Waals surface area contributed by atoms with Crippen LogP contribution in [0.2, 0.25) is 0 Å². The molecule has 102 valence electrons. The van der Waals surface area contributed by atoms with Crippen LogP contribution in [-0.2, 0) is 0 Å². The molecule has 2 aromatic rings. The van der Waals surface area contributed by atoms with E-state index in [-0.39, 0.29) is 0 Å². The van der Waals surface area contributed by atoms with Gasteiger partial charge in [0.25, 0.3) is 0 Å². The van der Waals surface area contributed by atoms with Crippen LogP contribution in [0.15, 0.2) is 54.6 Å². The quantitative estimate of drug-likeness (QED) is 0.759. The molecule has 0 aliphatic heterocycles. The lowest BCUT2D eigenvalue weighted by atomic mass is 9.96. The fourth-order valence-electron chi connectivity index (χ4n) is 2.34. The molecule has 0 amide bonds. The van der Waals surface area contributed by atoms with Crippen molar-refractivity contribution in [1.82, 2.24) is 0 Å². The Bertz CT molecular complexity index is 578. The van der Waals surface area contributed by atoms with Crippen molar-refractivity contribution < 1.29 is 0 Å². The molecule has 1 unspecified atom stereocenters. The largest absolute Gasteiger partial charge is 0.378 e. The van der Waals surface area contributed by atoms with Crippen LogP contribution in [0.4, 0.5) is 5.69 Å². The number of hydrogen-bond acceptors (Lipinski definition) is 1. The van der Waals surface area contributed by atoms with E-state index in [1.165, 1.54) is 5.56 Å². The molecular weight excluding hydrogens is 242 g/mol. The minimum absolute atomic E-state index is 0.309. The highest BCUT2D eigenvalue weighted by Crippen LogP contribution is 2.26. The van der Waals surface area contributed by atoms with Gasteiger partial charge < -0.3 is 5.32 Å². The van der Waals surface area contributed by atoms with Gasteiger partial charge in [0.1, 0.15) is 0 Å². The van der Waals surface area contributed by atoms with E-state index in [9.17, 15) is 0 Å². The summed E-state index contributed by atoms with van der Waals surface area (Å²) >= 11 is 0. The van der Waals surface area contributed by atoms with Crippen LogP contribution >= 0.6 is 0 Å². The molecule has 0 fully saturated rings. The van der Waals surface area contributed by atoms with E-state index in [0.717, 1.165) is 17.7 Å². The van der Waals surface area contributed by atoms with Gasteiger partial charge in [0.2, 0.25) is 0 Å². The second-order valence-electron chi connectivity index (χ2n) is 5.46. The average Bonchev–Trinajstić information content (AvgIpc) is 2.47. The number of rotatable bonds is 5. The smallest absolute Gasteiger partial charge is 0.0516 e. The maximum absolute atomic E-state index is 5.46. The predicted molar refractivity (Wildman–Crippen MR) is 86.6 cm³/mol. The lowest BCUT2D eigenvalue weighted by Gasteiger charge is -2.22. The normalized spacial score (nSPS) is 11.9. The molecule has 0 saturated carbocycles. The van der Waals surface area contributed by atoms with Gasteiger partial charge >= 0.3 is 0 Å². The molecule has 0 bridgehead atoms. The van der Waals surface area contributed by atoms with Crippen LogP contribution in [0.5, 0.6) is 0 Å². The Hall–Kier alpha value is -2.20. The van der Waals surface area contributed by atoms with E-state index < -0.39 is 0 Å². The Kier molecular flexibility index (Phi) is 4.85. The van der Waals surface area contributed by atoms with Crippen LogP contribution in [-0.4, -0.2) is 0 Å². The Morgan fingerprint density at radius 3 is 2.45 bits per heavy atom. The standard InChI is InChI=1S/C19H21N/c1-4-16-9-8-12-18(14-16)20-19(13-15(2)3)17-10-6-5-7-11-17/h1,5-12,14-15,19-20H,13H2,2-3H3. The second-order valence-corrected chi connectivity index (χ2v) is 5.46. The van der Waals surface area contributed by atoms with Crippen LogP contribution < -0.4 is 5.32 Å². The van der Waals surface area contributed by atoms with Crippen molar-refractivity contribution in [3.8, 4) is 12.3 Å². The van der Waals surface area contributed by atoms with E-state index in [4.69, 9.17) is 6.42 Å². The zero-order valence-electron chi connectivity index (χ0n) is 12.1. The molecule has 0 heterocycles. The van der Waals surface area contributed by atoms with E-state index in [2.05, 4.69) is 61.5 Å². The van der Waals surface area contributed by atoms with Gasteiger partial charge in [-0.25, -0.2) is 0 Å². The summed E-state index contributed by atoms with van der Waals surface area (Å²) in [6, 6.07) is 18.9. The van der Waals surface area contributed by atoms with Crippen LogP contribution in [0.1, 0.15) is 37.4 Å². The van der Waals surface area contributed by atoms with E-state index >= 15 is 0 Å². The van der Waals surface area contributed by atoms with Gasteiger partial charge in [0.05, 0.1) is 6.04 Å². The molecule has 2 rings (SSSR count). The number of nitrogens with one attached hydrogen (secondary N) is 1. The maximum Gasteiger partial charge on any atom is 0.0516 e. The van der Waals surface area contributed by atoms with Crippen LogP contribution in [0.3, 0.4) is 0 Å². The zero-order chi connectivity index (χ0) is 14.4. The van der Waals surface area contributed by atoms with E-state index in [1.807, 2.05) is 18.2 Å². The molecular formula is C19H21N. The molecule has 0 aromatic heterocycles. The molecule has 1 atom stereocenters. The molecule has 2 aromatic carbocycles. The third-order valence-electron chi connectivity index (χ3n) is 3.28. The first-order chi connectivity index (χ1) is 9.69. The Morgan fingerprint density at radius 1 is 1.05 bits per heavy atom. The monoisotopic (exact) mass is 263 g/mol. The fourth-order valence-corrected chi connectivity index (χ4v) is 2.34. The first-order valence-corrected chi connectivity index (χ1v) is 7.07. The number of anilines is 1. The van der Waals surface area contributed by atoms with Crippen molar-refractivity contribution >= 4 is 5.69 Å². The molecule has 1 heteroatoms. The number of terminal acetylenes is 1. The summed E-state index contributed by atoms with van der Waals surface area (Å²) in [7, 11) is 0. The van der Waals surface area contributed by atoms with Gasteiger partial charge in [-0.1, -0.05) is 56.2 Å². The van der Waals surface area contributed by atoms with Gasteiger partial charge in [-0.15, -0.1) is 6.42 Å². The Morgan fingerprint density at radius 2 is 1.80 bits per heavy atom.